The molecule has 2 amide bonds. The summed E-state index contributed by atoms with van der Waals surface area (Å²) in [7, 11) is 0. The van der Waals surface area contributed by atoms with Crippen LogP contribution < -0.4 is 5.32 Å². The fourth-order valence-electron chi connectivity index (χ4n) is 1.77. The first-order chi connectivity index (χ1) is 8.74. The number of carbonyl (C=O) groups is 1. The number of nitriles is 1. The summed E-state index contributed by atoms with van der Waals surface area (Å²) in [5.41, 5.74) is 1.21. The Morgan fingerprint density at radius 2 is 2.11 bits per heavy atom. The number of nitrogens with one attached hydrogen (secondary N) is 1. The Labute approximate surface area is 106 Å². The summed E-state index contributed by atoms with van der Waals surface area (Å²) in [5.74, 6) is 0. The summed E-state index contributed by atoms with van der Waals surface area (Å²) in [5, 5.41) is 20.4. The first-order valence-electron chi connectivity index (χ1n) is 5.93. The zero-order valence-electron chi connectivity index (χ0n) is 9.97. The zero-order valence-corrected chi connectivity index (χ0v) is 9.97. The number of carbonyl (C=O) groups excluding carboxylic acids is 1. The summed E-state index contributed by atoms with van der Waals surface area (Å²) >= 11 is 0. The molecular formula is C13H15N3O2. The molecule has 0 radical (unpaired) electrons. The predicted octanol–water partition coefficient (Wildman–Crippen LogP) is 1.55. The van der Waals surface area contributed by atoms with Crippen LogP contribution in [0, 0.1) is 11.3 Å². The van der Waals surface area contributed by atoms with Gasteiger partial charge in [0.15, 0.2) is 0 Å². The van der Waals surface area contributed by atoms with Gasteiger partial charge in [-0.2, -0.15) is 5.26 Å². The number of aliphatic hydroxyl groups excluding tert-OH is 1. The molecule has 0 unspecified atom stereocenters. The Kier molecular flexibility index (Phi) is 3.80. The molecule has 1 saturated carbocycles. The van der Waals surface area contributed by atoms with E-state index in [1.165, 1.54) is 0 Å². The highest BCUT2D eigenvalue weighted by atomic mass is 16.3. The van der Waals surface area contributed by atoms with Crippen LogP contribution in [0.4, 0.5) is 10.5 Å². The summed E-state index contributed by atoms with van der Waals surface area (Å²) in [4.78, 5) is 13.6. The second-order valence-electron chi connectivity index (χ2n) is 4.27. The summed E-state index contributed by atoms with van der Waals surface area (Å²) in [6, 6.07) is 8.79. The van der Waals surface area contributed by atoms with E-state index in [2.05, 4.69) is 5.32 Å². The number of hydrogen-bond acceptors (Lipinski definition) is 3. The highest BCUT2D eigenvalue weighted by molar-refractivity contribution is 5.89. The van der Waals surface area contributed by atoms with Crippen LogP contribution in [-0.2, 0) is 0 Å². The molecule has 94 valence electrons. The van der Waals surface area contributed by atoms with Crippen molar-refractivity contribution in [1.82, 2.24) is 4.90 Å². The number of aliphatic hydroxyl groups is 1. The van der Waals surface area contributed by atoms with Crippen LogP contribution in [0.5, 0.6) is 0 Å². The Hall–Kier alpha value is -2.06. The van der Waals surface area contributed by atoms with Crippen molar-refractivity contribution in [2.45, 2.75) is 18.9 Å². The quantitative estimate of drug-likeness (QED) is 0.844. The number of urea groups is 1. The van der Waals surface area contributed by atoms with Crippen LogP contribution in [0.1, 0.15) is 18.4 Å². The van der Waals surface area contributed by atoms with E-state index in [1.54, 1.807) is 29.2 Å². The van der Waals surface area contributed by atoms with Gasteiger partial charge in [0.2, 0.25) is 0 Å². The van der Waals surface area contributed by atoms with Gasteiger partial charge in [-0.1, -0.05) is 0 Å². The highest BCUT2D eigenvalue weighted by Gasteiger charge is 2.32. The first kappa shape index (κ1) is 12.4. The fraction of sp³-hybridized carbons (Fsp3) is 0.385. The topological polar surface area (TPSA) is 76.4 Å². The van der Waals surface area contributed by atoms with E-state index < -0.39 is 0 Å². The number of hydrogen-bond donors (Lipinski definition) is 2. The fourth-order valence-corrected chi connectivity index (χ4v) is 1.77. The number of nitrogens with zero attached hydrogens (tertiary/aromatic N) is 2. The molecule has 1 aromatic carbocycles. The Morgan fingerprint density at radius 3 is 2.61 bits per heavy atom. The van der Waals surface area contributed by atoms with Crippen LogP contribution in [0.3, 0.4) is 0 Å². The van der Waals surface area contributed by atoms with Gasteiger partial charge in [0.25, 0.3) is 0 Å². The van der Waals surface area contributed by atoms with Gasteiger partial charge in [-0.15, -0.1) is 0 Å². The number of amides is 2. The Bertz CT molecular complexity index is 460. The zero-order chi connectivity index (χ0) is 13.0. The number of anilines is 1. The van der Waals surface area contributed by atoms with Crippen molar-refractivity contribution in [3.8, 4) is 6.07 Å². The normalized spacial score (nSPS) is 13.8. The molecule has 1 aliphatic rings. The van der Waals surface area contributed by atoms with E-state index in [9.17, 15) is 4.79 Å². The van der Waals surface area contributed by atoms with Crippen LogP contribution in [0.25, 0.3) is 0 Å². The van der Waals surface area contributed by atoms with Gasteiger partial charge >= 0.3 is 6.03 Å². The molecule has 1 fully saturated rings. The lowest BCUT2D eigenvalue weighted by atomic mass is 10.2. The molecule has 0 saturated heterocycles. The summed E-state index contributed by atoms with van der Waals surface area (Å²) in [6.07, 6.45) is 2.00. The van der Waals surface area contributed by atoms with E-state index in [0.29, 0.717) is 17.8 Å². The van der Waals surface area contributed by atoms with Crippen LogP contribution >= 0.6 is 0 Å². The third-order valence-electron chi connectivity index (χ3n) is 2.85. The smallest absolute Gasteiger partial charge is 0.322 e. The maximum Gasteiger partial charge on any atom is 0.322 e. The number of rotatable bonds is 4. The second-order valence-corrected chi connectivity index (χ2v) is 4.27. The van der Waals surface area contributed by atoms with Gasteiger partial charge < -0.3 is 15.3 Å². The lowest BCUT2D eigenvalue weighted by molar-refractivity contribution is 0.185. The minimum absolute atomic E-state index is 0.0305. The van der Waals surface area contributed by atoms with Crippen molar-refractivity contribution in [1.29, 1.82) is 5.26 Å². The van der Waals surface area contributed by atoms with Crippen molar-refractivity contribution < 1.29 is 9.90 Å². The molecule has 0 spiro atoms. The van der Waals surface area contributed by atoms with Crippen LogP contribution in [0.15, 0.2) is 24.3 Å². The molecule has 0 bridgehead atoms. The van der Waals surface area contributed by atoms with Gasteiger partial charge in [0.05, 0.1) is 18.2 Å². The Morgan fingerprint density at radius 1 is 1.44 bits per heavy atom. The Balaban J connectivity index is 1.98. The van der Waals surface area contributed by atoms with Gasteiger partial charge in [0, 0.05) is 18.3 Å². The van der Waals surface area contributed by atoms with Gasteiger partial charge in [0.1, 0.15) is 0 Å². The molecule has 2 N–H and O–H groups in total. The minimum atomic E-state index is -0.198. The van der Waals surface area contributed by atoms with Crippen molar-refractivity contribution in [2.75, 3.05) is 18.5 Å². The van der Waals surface area contributed by atoms with Crippen molar-refractivity contribution >= 4 is 11.7 Å². The SMILES string of the molecule is N#Cc1ccc(NC(=O)N(CCO)C2CC2)cc1. The largest absolute Gasteiger partial charge is 0.395 e. The summed E-state index contributed by atoms with van der Waals surface area (Å²) < 4.78 is 0. The maximum atomic E-state index is 12.0. The van der Waals surface area contributed by atoms with Crippen LogP contribution in [-0.4, -0.2) is 35.2 Å². The molecule has 2 rings (SSSR count). The van der Waals surface area contributed by atoms with Crippen molar-refractivity contribution in [3.05, 3.63) is 29.8 Å². The van der Waals surface area contributed by atoms with E-state index in [1.807, 2.05) is 6.07 Å². The average molecular weight is 245 g/mol. The molecule has 0 aliphatic heterocycles. The lowest BCUT2D eigenvalue weighted by Crippen LogP contribution is -2.38. The van der Waals surface area contributed by atoms with E-state index in [4.69, 9.17) is 10.4 Å². The summed E-state index contributed by atoms with van der Waals surface area (Å²) in [6.45, 7) is 0.323. The highest BCUT2D eigenvalue weighted by Crippen LogP contribution is 2.27. The molecule has 1 aliphatic carbocycles. The van der Waals surface area contributed by atoms with Crippen LogP contribution in [0.2, 0.25) is 0 Å². The van der Waals surface area contributed by atoms with Gasteiger partial charge in [-0.3, -0.25) is 0 Å². The first-order valence-corrected chi connectivity index (χ1v) is 5.93. The monoisotopic (exact) mass is 245 g/mol. The average Bonchev–Trinajstić information content (AvgIpc) is 3.21. The van der Waals surface area contributed by atoms with Gasteiger partial charge in [-0.05, 0) is 37.1 Å². The minimum Gasteiger partial charge on any atom is -0.395 e. The molecule has 18 heavy (non-hydrogen) atoms. The standard InChI is InChI=1S/C13H15N3O2/c14-9-10-1-3-11(4-2-10)15-13(18)16(7-8-17)12-5-6-12/h1-4,12,17H,5-8H2,(H,15,18). The third kappa shape index (κ3) is 2.99. The molecule has 0 heterocycles. The molecule has 1 aromatic rings. The maximum absolute atomic E-state index is 12.0. The lowest BCUT2D eigenvalue weighted by Gasteiger charge is -2.21. The van der Waals surface area contributed by atoms with E-state index in [-0.39, 0.29) is 18.7 Å². The molecule has 5 heteroatoms. The molecule has 0 aromatic heterocycles. The second kappa shape index (κ2) is 5.52. The molecule has 5 nitrogen and oxygen atoms in total. The molecule has 0 atom stereocenters. The van der Waals surface area contributed by atoms with Gasteiger partial charge in [-0.25, -0.2) is 4.79 Å². The van der Waals surface area contributed by atoms with E-state index >= 15 is 0 Å². The number of benzene rings is 1. The molecular weight excluding hydrogens is 230 g/mol. The van der Waals surface area contributed by atoms with E-state index in [0.717, 1.165) is 12.8 Å². The van der Waals surface area contributed by atoms with Crippen molar-refractivity contribution in [3.63, 3.8) is 0 Å². The van der Waals surface area contributed by atoms with Crippen molar-refractivity contribution in [2.24, 2.45) is 0 Å². The predicted molar refractivity (Wildman–Crippen MR) is 67.0 cm³/mol. The third-order valence-corrected chi connectivity index (χ3v) is 2.85.